The average molecular weight is 463 g/mol. The van der Waals surface area contributed by atoms with Gasteiger partial charge in [-0.2, -0.15) is 5.10 Å². The van der Waals surface area contributed by atoms with Crippen LogP contribution >= 0.6 is 23.4 Å². The molecule has 160 valence electrons. The summed E-state index contributed by atoms with van der Waals surface area (Å²) >= 11 is 7.81. The van der Waals surface area contributed by atoms with E-state index in [4.69, 9.17) is 16.6 Å². The van der Waals surface area contributed by atoms with Crippen LogP contribution in [0.4, 0.5) is 11.5 Å². The number of rotatable bonds is 6. The van der Waals surface area contributed by atoms with Crippen LogP contribution in [0.5, 0.6) is 0 Å². The topological polar surface area (TPSA) is 83.4 Å². The molecule has 1 saturated heterocycles. The van der Waals surface area contributed by atoms with Crippen molar-refractivity contribution in [2.24, 2.45) is 0 Å². The number of thioether (sulfide) groups is 1. The molecule has 1 amide bonds. The number of benzene rings is 2. The zero-order valence-electron chi connectivity index (χ0n) is 16.9. The number of carbonyl (C=O) groups excluding carboxylic acids is 1. The highest BCUT2D eigenvalue weighted by molar-refractivity contribution is 7.98. The monoisotopic (exact) mass is 462 g/mol. The van der Waals surface area contributed by atoms with Crippen LogP contribution < -0.4 is 16.0 Å². The van der Waals surface area contributed by atoms with Crippen molar-refractivity contribution in [2.45, 2.75) is 10.8 Å². The molecule has 9 heteroatoms. The molecule has 0 unspecified atom stereocenters. The zero-order chi connectivity index (χ0) is 21.9. The van der Waals surface area contributed by atoms with E-state index in [2.05, 4.69) is 33.2 Å². The highest BCUT2D eigenvalue weighted by atomic mass is 35.5. The van der Waals surface area contributed by atoms with Crippen LogP contribution in [0.25, 0.3) is 11.7 Å². The molecule has 0 bridgehead atoms. The molecule has 2 aromatic heterocycles. The van der Waals surface area contributed by atoms with Crippen LogP contribution in [0.3, 0.4) is 0 Å². The molecule has 0 saturated carbocycles. The van der Waals surface area contributed by atoms with Gasteiger partial charge >= 0.3 is 0 Å². The first-order valence-corrected chi connectivity index (χ1v) is 11.3. The zero-order valence-corrected chi connectivity index (χ0v) is 18.5. The van der Waals surface area contributed by atoms with E-state index >= 15 is 0 Å². The summed E-state index contributed by atoms with van der Waals surface area (Å²) in [6.45, 7) is 0.414. The summed E-state index contributed by atoms with van der Waals surface area (Å²) in [4.78, 5) is 16.8. The Morgan fingerprint density at radius 2 is 2.00 bits per heavy atom. The summed E-state index contributed by atoms with van der Waals surface area (Å²) in [6, 6.07) is 19.7. The fourth-order valence-electron chi connectivity index (χ4n) is 3.33. The molecule has 32 heavy (non-hydrogen) atoms. The predicted molar refractivity (Wildman–Crippen MR) is 128 cm³/mol. The fraction of sp³-hybridized carbons (Fsp3) is 0.0870. The molecule has 0 aliphatic carbocycles. The maximum absolute atomic E-state index is 12.0. The van der Waals surface area contributed by atoms with E-state index in [0.717, 1.165) is 22.0 Å². The molecule has 2 aromatic carbocycles. The van der Waals surface area contributed by atoms with Gasteiger partial charge in [-0.3, -0.25) is 4.79 Å². The first-order chi connectivity index (χ1) is 15.7. The highest BCUT2D eigenvalue weighted by Crippen LogP contribution is 2.29. The van der Waals surface area contributed by atoms with Gasteiger partial charge in [-0.25, -0.2) is 9.50 Å². The molecule has 1 fully saturated rings. The van der Waals surface area contributed by atoms with Crippen LogP contribution in [-0.4, -0.2) is 27.2 Å². The lowest BCUT2D eigenvalue weighted by atomic mass is 10.2. The van der Waals surface area contributed by atoms with Crippen molar-refractivity contribution in [3.05, 3.63) is 88.7 Å². The Hall–Kier alpha value is -3.49. The van der Waals surface area contributed by atoms with E-state index < -0.39 is 0 Å². The molecule has 5 rings (SSSR count). The lowest BCUT2D eigenvalue weighted by Crippen LogP contribution is -2.14. The Bertz CT molecular complexity index is 1320. The summed E-state index contributed by atoms with van der Waals surface area (Å²) in [5.41, 5.74) is 3.95. The van der Waals surface area contributed by atoms with E-state index in [9.17, 15) is 4.79 Å². The molecular weight excluding hydrogens is 444 g/mol. The maximum atomic E-state index is 12.0. The average Bonchev–Trinajstić information content (AvgIpc) is 3.39. The Morgan fingerprint density at radius 1 is 1.12 bits per heavy atom. The van der Waals surface area contributed by atoms with Gasteiger partial charge in [0.2, 0.25) is 0 Å². The number of aromatic nitrogens is 3. The van der Waals surface area contributed by atoms with Gasteiger partial charge in [0.1, 0.15) is 16.5 Å². The number of halogens is 1. The Morgan fingerprint density at radius 3 is 2.78 bits per heavy atom. The second-order valence-electron chi connectivity index (χ2n) is 7.14. The van der Waals surface area contributed by atoms with Gasteiger partial charge in [0.15, 0.2) is 5.65 Å². The van der Waals surface area contributed by atoms with Crippen molar-refractivity contribution < 1.29 is 4.79 Å². The van der Waals surface area contributed by atoms with E-state index in [0.29, 0.717) is 28.9 Å². The molecule has 7 nitrogen and oxygen atoms in total. The van der Waals surface area contributed by atoms with Crippen LogP contribution in [0, 0.1) is 0 Å². The van der Waals surface area contributed by atoms with Crippen molar-refractivity contribution in [3.8, 4) is 0 Å². The van der Waals surface area contributed by atoms with Gasteiger partial charge in [0.25, 0.3) is 5.91 Å². The Labute approximate surface area is 193 Å². The largest absolute Gasteiger partial charge is 0.363 e. The van der Waals surface area contributed by atoms with Gasteiger partial charge in [0, 0.05) is 28.1 Å². The lowest BCUT2D eigenvalue weighted by Gasteiger charge is -2.10. The minimum absolute atomic E-state index is 0.142. The molecular formula is C23H19ClN6OS. The van der Waals surface area contributed by atoms with E-state index in [1.165, 1.54) is 5.56 Å². The molecule has 3 N–H and O–H groups in total. The summed E-state index contributed by atoms with van der Waals surface area (Å²) in [5.74, 6) is 1.31. The van der Waals surface area contributed by atoms with Gasteiger partial charge in [-0.15, -0.1) is 11.8 Å². The van der Waals surface area contributed by atoms with E-state index in [1.54, 1.807) is 28.6 Å². The third-order valence-corrected chi connectivity index (χ3v) is 6.16. The molecule has 0 atom stereocenters. The fourth-order valence-corrected chi connectivity index (χ4v) is 4.48. The van der Waals surface area contributed by atoms with Crippen molar-refractivity contribution in [1.82, 2.24) is 25.2 Å². The maximum Gasteiger partial charge on any atom is 0.268 e. The highest BCUT2D eigenvalue weighted by Gasteiger charge is 2.18. The van der Waals surface area contributed by atoms with Crippen molar-refractivity contribution in [1.29, 1.82) is 0 Å². The van der Waals surface area contributed by atoms with Crippen LogP contribution in [-0.2, 0) is 10.5 Å². The summed E-state index contributed by atoms with van der Waals surface area (Å²) in [6.07, 6.45) is 3.49. The third kappa shape index (κ3) is 4.42. The normalized spacial score (nSPS) is 14.5. The van der Waals surface area contributed by atoms with Crippen molar-refractivity contribution in [2.75, 3.05) is 12.0 Å². The van der Waals surface area contributed by atoms with Crippen LogP contribution in [0.2, 0.25) is 5.02 Å². The predicted octanol–water partition coefficient (Wildman–Crippen LogP) is 4.44. The van der Waals surface area contributed by atoms with Gasteiger partial charge in [-0.1, -0.05) is 48.0 Å². The number of amides is 1. The van der Waals surface area contributed by atoms with Crippen LogP contribution in [0.1, 0.15) is 11.1 Å². The minimum atomic E-state index is -0.142. The number of carbonyl (C=O) groups is 1. The molecule has 3 heterocycles. The van der Waals surface area contributed by atoms with Gasteiger partial charge in [0.05, 0.1) is 12.9 Å². The van der Waals surface area contributed by atoms with Crippen LogP contribution in [0.15, 0.2) is 77.6 Å². The second-order valence-corrected chi connectivity index (χ2v) is 8.57. The second kappa shape index (κ2) is 8.94. The molecule has 4 aromatic rings. The number of hydrogen-bond acceptors (Lipinski definition) is 6. The Kier molecular flexibility index (Phi) is 5.70. The summed E-state index contributed by atoms with van der Waals surface area (Å²) in [5, 5.41) is 15.2. The molecule has 1 aliphatic heterocycles. The number of fused-ring (bicyclic) bond motifs is 1. The van der Waals surface area contributed by atoms with E-state index in [-0.39, 0.29) is 5.91 Å². The third-order valence-electron chi connectivity index (χ3n) is 4.87. The van der Waals surface area contributed by atoms with Crippen molar-refractivity contribution >= 4 is 52.5 Å². The lowest BCUT2D eigenvalue weighted by molar-refractivity contribution is -0.116. The number of hydrogen-bond donors (Lipinski definition) is 3. The minimum Gasteiger partial charge on any atom is -0.363 e. The summed E-state index contributed by atoms with van der Waals surface area (Å²) in [7, 11) is 0. The van der Waals surface area contributed by atoms with Gasteiger partial charge < -0.3 is 16.0 Å². The van der Waals surface area contributed by atoms with E-state index in [1.807, 2.05) is 48.5 Å². The number of nitrogens with one attached hydrogen (secondary N) is 3. The SMILES string of the molecule is O=C1NCNC1=Cc1cnn2c(SCc3ccccc3)cc(Nc3cccc(Cl)c3)nc12. The quantitative estimate of drug-likeness (QED) is 0.223. The Balaban J connectivity index is 1.54. The first kappa shape index (κ1) is 20.4. The standard InChI is InChI=1S/C23H19ClN6OS/c24-17-7-4-8-18(10-17)28-20-11-21(32-13-15-5-2-1-3-6-15)30-22(29-20)16(12-27-30)9-19-23(31)26-14-25-19/h1-12,25H,13-14H2,(H,26,31)(H,28,29). The van der Waals surface area contributed by atoms with Gasteiger partial charge in [-0.05, 0) is 29.8 Å². The molecule has 0 radical (unpaired) electrons. The summed E-state index contributed by atoms with van der Waals surface area (Å²) < 4.78 is 1.80. The number of nitrogens with zero attached hydrogens (tertiary/aromatic N) is 3. The van der Waals surface area contributed by atoms with Crippen molar-refractivity contribution in [3.63, 3.8) is 0 Å². The number of anilines is 2. The molecule has 0 spiro atoms. The first-order valence-electron chi connectivity index (χ1n) is 9.97. The smallest absolute Gasteiger partial charge is 0.268 e. The molecule has 1 aliphatic rings.